The molecule has 9 heteroatoms. The number of pyridine rings is 1. The van der Waals surface area contributed by atoms with Gasteiger partial charge in [-0.15, -0.1) is 29.9 Å². The number of halogens is 2. The molecule has 0 radical (unpaired) electrons. The number of carbonyl (C=O) groups excluding carboxylic acids is 1. The van der Waals surface area contributed by atoms with Crippen LogP contribution in [0.15, 0.2) is 36.5 Å². The monoisotopic (exact) mass is 436 g/mol. The van der Waals surface area contributed by atoms with Crippen molar-refractivity contribution in [1.82, 2.24) is 30.2 Å². The Morgan fingerprint density at radius 3 is 2.79 bits per heavy atom. The van der Waals surface area contributed by atoms with E-state index in [0.29, 0.717) is 5.69 Å². The minimum absolute atomic E-state index is 0. The van der Waals surface area contributed by atoms with Crippen molar-refractivity contribution in [2.24, 2.45) is 0 Å². The van der Waals surface area contributed by atoms with Crippen LogP contribution >= 0.6 is 24.8 Å². The Labute approximate surface area is 182 Å². The van der Waals surface area contributed by atoms with E-state index in [1.807, 2.05) is 42.2 Å². The molecule has 2 aromatic heterocycles. The maximum absolute atomic E-state index is 13.2. The molecule has 1 fully saturated rings. The topological polar surface area (TPSA) is 75.9 Å². The number of nitrogens with one attached hydrogen (secondary N) is 1. The van der Waals surface area contributed by atoms with Gasteiger partial charge in [0.05, 0.1) is 16.9 Å². The highest BCUT2D eigenvalue weighted by molar-refractivity contribution is 5.94. The second-order valence-corrected chi connectivity index (χ2v) is 6.93. The molecule has 3 aromatic rings. The van der Waals surface area contributed by atoms with E-state index in [1.165, 1.54) is 0 Å². The Balaban J connectivity index is 0.00000150. The minimum Gasteiger partial charge on any atom is -0.333 e. The van der Waals surface area contributed by atoms with Crippen LogP contribution in [0.3, 0.4) is 0 Å². The van der Waals surface area contributed by atoms with Gasteiger partial charge < -0.3 is 10.2 Å². The molecule has 156 valence electrons. The summed E-state index contributed by atoms with van der Waals surface area (Å²) in [6.45, 7) is 6.51. The molecule has 1 unspecified atom stereocenters. The van der Waals surface area contributed by atoms with E-state index < -0.39 is 0 Å². The third-order valence-electron chi connectivity index (χ3n) is 5.14. The number of para-hydroxylation sites is 1. The first-order valence-corrected chi connectivity index (χ1v) is 9.48. The second kappa shape index (κ2) is 10.0. The fourth-order valence-electron chi connectivity index (χ4n) is 3.75. The lowest BCUT2D eigenvalue weighted by atomic mass is 10.1. The minimum atomic E-state index is -0.0394. The molecule has 1 aromatic carbocycles. The van der Waals surface area contributed by atoms with Gasteiger partial charge in [-0.25, -0.2) is 4.68 Å². The van der Waals surface area contributed by atoms with Gasteiger partial charge in [0.25, 0.3) is 5.91 Å². The molecule has 0 aliphatic carbocycles. The Hall–Kier alpha value is -2.22. The number of nitrogens with zero attached hydrogens (tertiary/aromatic N) is 5. The molecule has 29 heavy (non-hydrogen) atoms. The van der Waals surface area contributed by atoms with E-state index in [0.717, 1.165) is 54.8 Å². The molecule has 0 bridgehead atoms. The summed E-state index contributed by atoms with van der Waals surface area (Å²) < 4.78 is 1.72. The maximum Gasteiger partial charge on any atom is 0.276 e. The smallest absolute Gasteiger partial charge is 0.276 e. The second-order valence-electron chi connectivity index (χ2n) is 6.93. The molecule has 1 atom stereocenters. The number of carbonyl (C=O) groups is 1. The van der Waals surface area contributed by atoms with Crippen LogP contribution in [0.5, 0.6) is 0 Å². The fraction of sp³-hybridized carbons (Fsp3) is 0.400. The van der Waals surface area contributed by atoms with Gasteiger partial charge in [-0.1, -0.05) is 30.3 Å². The lowest BCUT2D eigenvalue weighted by Gasteiger charge is -2.27. The van der Waals surface area contributed by atoms with Crippen molar-refractivity contribution in [3.8, 4) is 5.69 Å². The van der Waals surface area contributed by atoms with Crippen LogP contribution in [0.4, 0.5) is 0 Å². The number of hydrogen-bond donors (Lipinski definition) is 1. The van der Waals surface area contributed by atoms with Gasteiger partial charge in [0.1, 0.15) is 0 Å². The van der Waals surface area contributed by atoms with Gasteiger partial charge in [0.15, 0.2) is 5.69 Å². The van der Waals surface area contributed by atoms with Crippen LogP contribution in [-0.2, 0) is 0 Å². The number of rotatable bonds is 5. The van der Waals surface area contributed by atoms with Crippen LogP contribution in [0.1, 0.15) is 35.9 Å². The molecule has 1 saturated heterocycles. The van der Waals surface area contributed by atoms with Crippen molar-refractivity contribution in [2.75, 3.05) is 19.6 Å². The normalized spacial score (nSPS) is 15.6. The third-order valence-corrected chi connectivity index (χ3v) is 5.14. The van der Waals surface area contributed by atoms with Gasteiger partial charge in [0, 0.05) is 30.7 Å². The van der Waals surface area contributed by atoms with Gasteiger partial charge in [-0.2, -0.15) is 0 Å². The van der Waals surface area contributed by atoms with Crippen LogP contribution in [-0.4, -0.2) is 56.5 Å². The average molecular weight is 437 g/mol. The van der Waals surface area contributed by atoms with Crippen LogP contribution in [0.2, 0.25) is 0 Å². The van der Waals surface area contributed by atoms with Crippen molar-refractivity contribution < 1.29 is 4.79 Å². The van der Waals surface area contributed by atoms with Crippen LogP contribution in [0.25, 0.3) is 16.6 Å². The highest BCUT2D eigenvalue weighted by Gasteiger charge is 2.30. The summed E-state index contributed by atoms with van der Waals surface area (Å²) in [4.78, 5) is 19.7. The third kappa shape index (κ3) is 4.37. The number of aromatic nitrogens is 4. The zero-order chi connectivity index (χ0) is 18.8. The zero-order valence-electron chi connectivity index (χ0n) is 16.5. The van der Waals surface area contributed by atoms with Gasteiger partial charge in [0.2, 0.25) is 0 Å². The van der Waals surface area contributed by atoms with Crippen molar-refractivity contribution in [3.05, 3.63) is 47.9 Å². The number of hydrogen-bond acceptors (Lipinski definition) is 5. The Morgan fingerprint density at radius 1 is 1.28 bits per heavy atom. The Kier molecular flexibility index (Phi) is 7.96. The molecule has 0 spiro atoms. The van der Waals surface area contributed by atoms with Crippen molar-refractivity contribution in [1.29, 1.82) is 0 Å². The molecule has 1 N–H and O–H groups in total. The fourth-order valence-corrected chi connectivity index (χ4v) is 3.75. The molecule has 7 nitrogen and oxygen atoms in total. The molecular weight excluding hydrogens is 411 g/mol. The van der Waals surface area contributed by atoms with Crippen molar-refractivity contribution in [3.63, 3.8) is 0 Å². The zero-order valence-corrected chi connectivity index (χ0v) is 18.2. The van der Waals surface area contributed by atoms with E-state index in [9.17, 15) is 4.79 Å². The van der Waals surface area contributed by atoms with Crippen molar-refractivity contribution in [2.45, 2.75) is 32.7 Å². The summed E-state index contributed by atoms with van der Waals surface area (Å²) in [6, 6.07) is 10.1. The lowest BCUT2D eigenvalue weighted by Crippen LogP contribution is -2.42. The van der Waals surface area contributed by atoms with Gasteiger partial charge in [-0.3, -0.25) is 9.78 Å². The highest BCUT2D eigenvalue weighted by atomic mass is 35.5. The number of amides is 1. The lowest BCUT2D eigenvalue weighted by molar-refractivity contribution is 0.0685. The summed E-state index contributed by atoms with van der Waals surface area (Å²) in [7, 11) is 0. The van der Waals surface area contributed by atoms with Crippen molar-refractivity contribution >= 4 is 41.6 Å². The van der Waals surface area contributed by atoms with E-state index >= 15 is 0 Å². The number of fused-ring (bicyclic) bond motifs is 1. The van der Waals surface area contributed by atoms with Gasteiger partial charge >= 0.3 is 0 Å². The van der Waals surface area contributed by atoms with E-state index in [4.69, 9.17) is 0 Å². The molecule has 3 heterocycles. The number of benzene rings is 1. The first kappa shape index (κ1) is 23.1. The summed E-state index contributed by atoms with van der Waals surface area (Å²) in [5.74, 6) is -0.0394. The van der Waals surface area contributed by atoms with E-state index in [-0.39, 0.29) is 36.8 Å². The average Bonchev–Trinajstić information content (AvgIpc) is 3.35. The molecule has 1 aliphatic rings. The summed E-state index contributed by atoms with van der Waals surface area (Å²) >= 11 is 0. The van der Waals surface area contributed by atoms with Crippen LogP contribution < -0.4 is 5.32 Å². The Bertz CT molecular complexity index is 965. The first-order valence-electron chi connectivity index (χ1n) is 9.48. The quantitative estimate of drug-likeness (QED) is 0.664. The SMILES string of the molecule is CCCN(C(=O)c1nnn(-c2cccc3cccnc23)c1C)C1CCNC1.Cl.Cl. The highest BCUT2D eigenvalue weighted by Crippen LogP contribution is 2.22. The van der Waals surface area contributed by atoms with Crippen LogP contribution in [0, 0.1) is 6.92 Å². The summed E-state index contributed by atoms with van der Waals surface area (Å²) in [6.07, 6.45) is 3.66. The summed E-state index contributed by atoms with van der Waals surface area (Å²) in [5, 5.41) is 12.9. The molecule has 4 rings (SSSR count). The van der Waals surface area contributed by atoms with E-state index in [2.05, 4.69) is 27.5 Å². The Morgan fingerprint density at radius 2 is 2.07 bits per heavy atom. The molecule has 1 aliphatic heterocycles. The predicted molar refractivity (Wildman–Crippen MR) is 118 cm³/mol. The van der Waals surface area contributed by atoms with E-state index in [1.54, 1.807) is 10.9 Å². The molecular formula is C20H26Cl2N6O. The molecule has 0 saturated carbocycles. The largest absolute Gasteiger partial charge is 0.333 e. The first-order chi connectivity index (χ1) is 13.2. The standard InChI is InChI=1S/C20H24N6O.2ClH/c1-3-12-25(16-9-11-21-13-16)20(27)18-14(2)26(24-23-18)17-8-4-6-15-7-5-10-22-19(15)17;;/h4-8,10,16,21H,3,9,11-13H2,1-2H3;2*1H. The summed E-state index contributed by atoms with van der Waals surface area (Å²) in [5.41, 5.74) is 2.84. The predicted octanol–water partition coefficient (Wildman–Crippen LogP) is 3.18. The molecule has 1 amide bonds. The van der Waals surface area contributed by atoms with Gasteiger partial charge in [-0.05, 0) is 38.4 Å². The maximum atomic E-state index is 13.2.